The van der Waals surface area contributed by atoms with E-state index in [4.69, 9.17) is 4.74 Å². The van der Waals surface area contributed by atoms with Gasteiger partial charge < -0.3 is 14.5 Å². The molecule has 1 aliphatic rings. The summed E-state index contributed by atoms with van der Waals surface area (Å²) in [5.41, 5.74) is 3.59. The Hall–Kier alpha value is -2.14. The molecule has 4 nitrogen and oxygen atoms in total. The highest BCUT2D eigenvalue weighted by atomic mass is 32.2. The van der Waals surface area contributed by atoms with Crippen LogP contribution in [0.5, 0.6) is 5.75 Å². The van der Waals surface area contributed by atoms with E-state index in [9.17, 15) is 4.79 Å². The van der Waals surface area contributed by atoms with E-state index in [1.54, 1.807) is 11.8 Å². The maximum atomic E-state index is 12.7. The fourth-order valence-corrected chi connectivity index (χ4v) is 4.22. The number of benzene rings is 2. The van der Waals surface area contributed by atoms with Crippen LogP contribution in [-0.4, -0.2) is 54.6 Å². The number of ether oxygens (including phenoxy) is 1. The summed E-state index contributed by atoms with van der Waals surface area (Å²) in [4.78, 5) is 17.1. The number of rotatable bonds is 7. The summed E-state index contributed by atoms with van der Waals surface area (Å²) in [5.74, 6) is 1.99. The molecule has 3 rings (SSSR count). The van der Waals surface area contributed by atoms with Crippen molar-refractivity contribution in [2.24, 2.45) is 0 Å². The van der Waals surface area contributed by atoms with Crippen molar-refractivity contribution in [2.45, 2.75) is 26.0 Å². The average molecular weight is 399 g/mol. The molecular weight excluding hydrogens is 368 g/mol. The number of piperazine rings is 1. The Balaban J connectivity index is 1.39. The van der Waals surface area contributed by atoms with E-state index in [-0.39, 0.29) is 11.2 Å². The van der Waals surface area contributed by atoms with Gasteiger partial charge in [-0.2, -0.15) is 0 Å². The minimum Gasteiger partial charge on any atom is -0.492 e. The molecule has 150 valence electrons. The summed E-state index contributed by atoms with van der Waals surface area (Å²) >= 11 is 1.67. The number of para-hydroxylation sites is 1. The lowest BCUT2D eigenvalue weighted by molar-refractivity contribution is -0.130. The second-order valence-electron chi connectivity index (χ2n) is 7.28. The van der Waals surface area contributed by atoms with Crippen LogP contribution in [0.15, 0.2) is 48.5 Å². The zero-order valence-electron chi connectivity index (χ0n) is 17.1. The van der Waals surface area contributed by atoms with Crippen molar-refractivity contribution < 1.29 is 9.53 Å². The molecule has 28 heavy (non-hydrogen) atoms. The molecule has 1 saturated heterocycles. The zero-order valence-corrected chi connectivity index (χ0v) is 17.9. The third kappa shape index (κ3) is 5.44. The fraction of sp³-hybridized carbons (Fsp3) is 0.435. The van der Waals surface area contributed by atoms with Crippen LogP contribution in [0.4, 0.5) is 5.69 Å². The van der Waals surface area contributed by atoms with Crippen LogP contribution in [0, 0.1) is 13.8 Å². The molecule has 0 radical (unpaired) electrons. The monoisotopic (exact) mass is 398 g/mol. The Morgan fingerprint density at radius 3 is 2.50 bits per heavy atom. The van der Waals surface area contributed by atoms with Crippen LogP contribution in [-0.2, 0) is 4.79 Å². The first-order valence-electron chi connectivity index (χ1n) is 9.95. The van der Waals surface area contributed by atoms with Crippen molar-refractivity contribution in [1.29, 1.82) is 0 Å². The van der Waals surface area contributed by atoms with Gasteiger partial charge in [-0.25, -0.2) is 0 Å². The van der Waals surface area contributed by atoms with E-state index >= 15 is 0 Å². The predicted octanol–water partition coefficient (Wildman–Crippen LogP) is 4.15. The van der Waals surface area contributed by atoms with Gasteiger partial charge in [0.1, 0.15) is 5.75 Å². The van der Waals surface area contributed by atoms with Gasteiger partial charge in [0.15, 0.2) is 0 Å². The molecule has 1 unspecified atom stereocenters. The second kappa shape index (κ2) is 9.87. The molecular formula is C23H30N2O2S. The lowest BCUT2D eigenvalue weighted by Gasteiger charge is -2.37. The van der Waals surface area contributed by atoms with Crippen molar-refractivity contribution in [1.82, 2.24) is 4.90 Å². The second-order valence-corrected chi connectivity index (χ2v) is 8.73. The van der Waals surface area contributed by atoms with Crippen LogP contribution in [0.3, 0.4) is 0 Å². The molecule has 0 N–H and O–H groups in total. The molecule has 1 amide bonds. The Morgan fingerprint density at radius 2 is 1.79 bits per heavy atom. The molecule has 0 bridgehead atoms. The number of nitrogens with zero attached hydrogens (tertiary/aromatic N) is 2. The van der Waals surface area contributed by atoms with Gasteiger partial charge in [-0.1, -0.05) is 30.3 Å². The molecule has 0 aromatic heterocycles. The molecule has 0 aliphatic carbocycles. The molecule has 0 saturated carbocycles. The number of hydrogen-bond acceptors (Lipinski definition) is 4. The van der Waals surface area contributed by atoms with Crippen molar-refractivity contribution in [2.75, 3.05) is 43.4 Å². The first-order valence-corrected chi connectivity index (χ1v) is 11.0. The molecule has 1 atom stereocenters. The van der Waals surface area contributed by atoms with Gasteiger partial charge in [0, 0.05) is 37.6 Å². The first kappa shape index (κ1) is 20.6. The summed E-state index contributed by atoms with van der Waals surface area (Å²) in [5, 5.41) is -0.0366. The van der Waals surface area contributed by atoms with Crippen molar-refractivity contribution >= 4 is 23.4 Å². The van der Waals surface area contributed by atoms with E-state index in [2.05, 4.69) is 61.2 Å². The molecule has 5 heteroatoms. The van der Waals surface area contributed by atoms with Crippen LogP contribution in [0.1, 0.15) is 18.1 Å². The van der Waals surface area contributed by atoms with Gasteiger partial charge >= 0.3 is 0 Å². The Labute approximate surface area is 172 Å². The van der Waals surface area contributed by atoms with E-state index < -0.39 is 0 Å². The maximum absolute atomic E-state index is 12.7. The number of carbonyl (C=O) groups excluding carboxylic acids is 1. The van der Waals surface area contributed by atoms with Crippen LogP contribution >= 0.6 is 11.8 Å². The first-order chi connectivity index (χ1) is 13.5. The smallest absolute Gasteiger partial charge is 0.235 e. The quantitative estimate of drug-likeness (QED) is 0.656. The number of hydrogen-bond donors (Lipinski definition) is 0. The van der Waals surface area contributed by atoms with E-state index in [1.165, 1.54) is 11.3 Å². The number of thioether (sulfide) groups is 1. The van der Waals surface area contributed by atoms with Crippen LogP contribution in [0.2, 0.25) is 0 Å². The van der Waals surface area contributed by atoms with Gasteiger partial charge in [-0.15, -0.1) is 11.8 Å². The van der Waals surface area contributed by atoms with Gasteiger partial charge in [-0.05, 0) is 50.1 Å². The minimum atomic E-state index is -0.0366. The topological polar surface area (TPSA) is 32.8 Å². The number of anilines is 1. The molecule has 1 heterocycles. The molecule has 2 aromatic carbocycles. The predicted molar refractivity (Wildman–Crippen MR) is 119 cm³/mol. The van der Waals surface area contributed by atoms with Gasteiger partial charge in [0.05, 0.1) is 11.9 Å². The standard InChI is InChI=1S/C23H30N2O2S/c1-18-9-10-19(2)22(17-18)27-15-16-28-20(3)23(26)25-13-11-24(12-14-25)21-7-5-4-6-8-21/h4-10,17,20H,11-16H2,1-3H3. The largest absolute Gasteiger partial charge is 0.492 e. The third-order valence-electron chi connectivity index (χ3n) is 5.11. The summed E-state index contributed by atoms with van der Waals surface area (Å²) in [6.07, 6.45) is 0. The normalized spacial score (nSPS) is 15.4. The van der Waals surface area contributed by atoms with Gasteiger partial charge in [0.2, 0.25) is 5.91 Å². The average Bonchev–Trinajstić information content (AvgIpc) is 2.73. The summed E-state index contributed by atoms with van der Waals surface area (Å²) < 4.78 is 5.90. The Kier molecular flexibility index (Phi) is 7.26. The highest BCUT2D eigenvalue weighted by Crippen LogP contribution is 2.21. The van der Waals surface area contributed by atoms with E-state index in [1.807, 2.05) is 17.9 Å². The Morgan fingerprint density at radius 1 is 1.07 bits per heavy atom. The summed E-state index contributed by atoms with van der Waals surface area (Å²) in [7, 11) is 0. The molecule has 1 fully saturated rings. The third-order valence-corrected chi connectivity index (χ3v) is 6.22. The molecule has 1 aliphatic heterocycles. The number of carbonyl (C=O) groups is 1. The highest BCUT2D eigenvalue weighted by Gasteiger charge is 2.25. The number of aryl methyl sites for hydroxylation is 2. The van der Waals surface area contributed by atoms with Crippen molar-refractivity contribution in [3.63, 3.8) is 0 Å². The van der Waals surface area contributed by atoms with E-state index in [0.717, 1.165) is 43.2 Å². The van der Waals surface area contributed by atoms with Gasteiger partial charge in [0.25, 0.3) is 0 Å². The summed E-state index contributed by atoms with van der Waals surface area (Å²) in [6, 6.07) is 16.7. The molecule has 2 aromatic rings. The van der Waals surface area contributed by atoms with Crippen LogP contribution < -0.4 is 9.64 Å². The number of amides is 1. The highest BCUT2D eigenvalue weighted by molar-refractivity contribution is 8.00. The van der Waals surface area contributed by atoms with Crippen molar-refractivity contribution in [3.8, 4) is 5.75 Å². The minimum absolute atomic E-state index is 0.0366. The summed E-state index contributed by atoms with van der Waals surface area (Å²) in [6.45, 7) is 10.1. The zero-order chi connectivity index (χ0) is 19.9. The molecule has 0 spiro atoms. The lowest BCUT2D eigenvalue weighted by atomic mass is 10.1. The van der Waals surface area contributed by atoms with Crippen LogP contribution in [0.25, 0.3) is 0 Å². The van der Waals surface area contributed by atoms with Gasteiger partial charge in [-0.3, -0.25) is 4.79 Å². The lowest BCUT2D eigenvalue weighted by Crippen LogP contribution is -2.50. The fourth-order valence-electron chi connectivity index (χ4n) is 3.39. The van der Waals surface area contributed by atoms with E-state index in [0.29, 0.717) is 6.61 Å². The SMILES string of the molecule is Cc1ccc(C)c(OCCSC(C)C(=O)N2CCN(c3ccccc3)CC2)c1. The Bertz CT molecular complexity index is 773. The van der Waals surface area contributed by atoms with Crippen molar-refractivity contribution in [3.05, 3.63) is 59.7 Å². The maximum Gasteiger partial charge on any atom is 0.235 e.